The Balaban J connectivity index is 1.47. The van der Waals surface area contributed by atoms with E-state index in [0.717, 1.165) is 6.07 Å². The summed E-state index contributed by atoms with van der Waals surface area (Å²) in [6, 6.07) is 9.38. The first-order valence-electron chi connectivity index (χ1n) is 12.7. The fraction of sp³-hybridized carbons (Fsp3) is 0.444. The summed E-state index contributed by atoms with van der Waals surface area (Å²) < 4.78 is 28.4. The number of ether oxygens (including phenoxy) is 4. The SMILES string of the molecule is CC1O[C@@H](O[C@H]2C(Oc3cc(O)c4c(=O)cc(-c5ccc(O)cc5)oc4c3)OC(CO)C(O)C2O)C(O)C(O)C1O. The molecule has 0 radical (unpaired) electrons. The van der Waals surface area contributed by atoms with Gasteiger partial charge in [-0.3, -0.25) is 4.79 Å². The van der Waals surface area contributed by atoms with Gasteiger partial charge in [-0.2, -0.15) is 0 Å². The summed E-state index contributed by atoms with van der Waals surface area (Å²) in [5.74, 6) is -0.498. The highest BCUT2D eigenvalue weighted by Gasteiger charge is 2.50. The maximum Gasteiger partial charge on any atom is 0.229 e. The van der Waals surface area contributed by atoms with Gasteiger partial charge in [0.25, 0.3) is 0 Å². The number of phenols is 2. The van der Waals surface area contributed by atoms with Crippen molar-refractivity contribution in [1.29, 1.82) is 0 Å². The molecule has 5 rings (SSSR count). The molecule has 2 saturated heterocycles. The average Bonchev–Trinajstić information content (AvgIpc) is 2.94. The lowest BCUT2D eigenvalue weighted by atomic mass is 9.97. The lowest BCUT2D eigenvalue weighted by molar-refractivity contribution is -0.354. The zero-order valence-electron chi connectivity index (χ0n) is 21.5. The van der Waals surface area contributed by atoms with Crippen LogP contribution in [0.4, 0.5) is 0 Å². The summed E-state index contributed by atoms with van der Waals surface area (Å²) in [7, 11) is 0. The lowest BCUT2D eigenvalue weighted by Crippen LogP contribution is -2.64. The van der Waals surface area contributed by atoms with Gasteiger partial charge in [0.2, 0.25) is 6.29 Å². The third-order valence-corrected chi connectivity index (χ3v) is 7.11. The molecule has 41 heavy (non-hydrogen) atoms. The normalized spacial score (nSPS) is 34.0. The van der Waals surface area contributed by atoms with E-state index in [1.807, 2.05) is 0 Å². The first-order chi connectivity index (χ1) is 19.5. The summed E-state index contributed by atoms with van der Waals surface area (Å²) in [4.78, 5) is 12.8. The molecular formula is C27H30O14. The smallest absolute Gasteiger partial charge is 0.229 e. The molecule has 0 aliphatic carbocycles. The van der Waals surface area contributed by atoms with Crippen LogP contribution in [0.5, 0.6) is 17.2 Å². The lowest BCUT2D eigenvalue weighted by Gasteiger charge is -2.45. The van der Waals surface area contributed by atoms with Crippen molar-refractivity contribution in [3.05, 3.63) is 52.7 Å². The summed E-state index contributed by atoms with van der Waals surface area (Å²) in [5.41, 5.74) is -0.182. The molecule has 2 aliphatic heterocycles. The number of phenolic OH excluding ortho intramolecular Hbond substituents is 2. The first-order valence-corrected chi connectivity index (χ1v) is 12.7. The molecular weight excluding hydrogens is 548 g/mol. The van der Waals surface area contributed by atoms with E-state index in [1.54, 1.807) is 0 Å². The van der Waals surface area contributed by atoms with Crippen molar-refractivity contribution in [2.45, 2.75) is 68.3 Å². The molecule has 0 bridgehead atoms. The van der Waals surface area contributed by atoms with Crippen molar-refractivity contribution in [1.82, 2.24) is 0 Å². The fourth-order valence-electron chi connectivity index (χ4n) is 4.79. The van der Waals surface area contributed by atoms with Crippen LogP contribution in [0.1, 0.15) is 6.92 Å². The molecule has 14 nitrogen and oxygen atoms in total. The molecule has 2 aliphatic rings. The van der Waals surface area contributed by atoms with Gasteiger partial charge in [0.15, 0.2) is 17.8 Å². The van der Waals surface area contributed by atoms with Crippen LogP contribution in [0.3, 0.4) is 0 Å². The molecule has 8 unspecified atom stereocenters. The summed E-state index contributed by atoms with van der Waals surface area (Å²) in [6.07, 6.45) is -15.3. The maximum atomic E-state index is 12.8. The zero-order chi connectivity index (χ0) is 29.6. The Morgan fingerprint density at radius 1 is 0.829 bits per heavy atom. The van der Waals surface area contributed by atoms with E-state index >= 15 is 0 Å². The Labute approximate surface area is 231 Å². The van der Waals surface area contributed by atoms with Gasteiger partial charge in [0, 0.05) is 23.8 Å². The second kappa shape index (κ2) is 11.5. The van der Waals surface area contributed by atoms with Crippen LogP contribution in [0.2, 0.25) is 0 Å². The standard InChI is InChI=1S/C27H30O14/c1-10-20(32)22(34)24(36)26(37-10)41-25-23(35)21(33)18(9-28)40-27(25)38-13-6-14(30)19-15(31)8-16(39-17(19)7-13)11-2-4-12(29)5-3-11/h2-8,10,18,20-30,32-36H,9H2,1H3/t10?,18?,20?,21?,22?,23?,24?,25-,26+,27?/m1/s1. The van der Waals surface area contributed by atoms with Crippen LogP contribution in [0, 0.1) is 0 Å². The van der Waals surface area contributed by atoms with Crippen molar-refractivity contribution in [3.8, 4) is 28.6 Å². The fourth-order valence-corrected chi connectivity index (χ4v) is 4.79. The predicted octanol–water partition coefficient (Wildman–Crippen LogP) is -1.10. The van der Waals surface area contributed by atoms with Crippen LogP contribution in [-0.2, 0) is 14.2 Å². The van der Waals surface area contributed by atoms with Crippen molar-refractivity contribution in [2.75, 3.05) is 6.61 Å². The Morgan fingerprint density at radius 2 is 1.54 bits per heavy atom. The third-order valence-electron chi connectivity index (χ3n) is 7.11. The monoisotopic (exact) mass is 578 g/mol. The zero-order valence-corrected chi connectivity index (χ0v) is 21.5. The van der Waals surface area contributed by atoms with Gasteiger partial charge in [-0.15, -0.1) is 0 Å². The third kappa shape index (κ3) is 5.61. The molecule has 1 aromatic heterocycles. The van der Waals surface area contributed by atoms with Gasteiger partial charge in [-0.25, -0.2) is 0 Å². The molecule has 222 valence electrons. The van der Waals surface area contributed by atoms with Crippen LogP contribution >= 0.6 is 0 Å². The van der Waals surface area contributed by atoms with Crippen molar-refractivity contribution < 1.29 is 64.2 Å². The number of hydrogen-bond acceptors (Lipinski definition) is 14. The Morgan fingerprint density at radius 3 is 2.22 bits per heavy atom. The van der Waals surface area contributed by atoms with Gasteiger partial charge >= 0.3 is 0 Å². The molecule has 3 heterocycles. The topological polar surface area (TPSA) is 229 Å². The van der Waals surface area contributed by atoms with Crippen LogP contribution in [0.25, 0.3) is 22.3 Å². The number of fused-ring (bicyclic) bond motifs is 1. The van der Waals surface area contributed by atoms with Crippen molar-refractivity contribution in [3.63, 3.8) is 0 Å². The molecule has 14 heteroatoms. The molecule has 0 saturated carbocycles. The molecule has 0 amide bonds. The average molecular weight is 579 g/mol. The molecule has 3 aromatic rings. The number of aromatic hydroxyl groups is 2. The Hall–Kier alpha value is -3.31. The first kappa shape index (κ1) is 29.2. The Bertz CT molecular complexity index is 1420. The minimum absolute atomic E-state index is 0.00857. The largest absolute Gasteiger partial charge is 0.508 e. The minimum atomic E-state index is -1.76. The molecule has 8 N–H and O–H groups in total. The summed E-state index contributed by atoms with van der Waals surface area (Å²) in [6.45, 7) is 0.704. The second-order valence-electron chi connectivity index (χ2n) is 9.94. The highest BCUT2D eigenvalue weighted by atomic mass is 16.8. The van der Waals surface area contributed by atoms with E-state index in [1.165, 1.54) is 43.3 Å². The quantitative estimate of drug-likeness (QED) is 0.174. The van der Waals surface area contributed by atoms with Crippen molar-refractivity contribution >= 4 is 11.0 Å². The van der Waals surface area contributed by atoms with E-state index in [2.05, 4.69) is 0 Å². The number of hydrogen-bond donors (Lipinski definition) is 8. The van der Waals surface area contributed by atoms with Gasteiger partial charge < -0.3 is 64.2 Å². The molecule has 0 spiro atoms. The predicted molar refractivity (Wildman–Crippen MR) is 137 cm³/mol. The van der Waals surface area contributed by atoms with Crippen LogP contribution in [0.15, 0.2) is 51.7 Å². The van der Waals surface area contributed by atoms with Gasteiger partial charge in [0.1, 0.15) is 70.6 Å². The Kier molecular flexibility index (Phi) is 8.20. The number of aliphatic hydroxyl groups is 6. The molecule has 2 aromatic carbocycles. The second-order valence-corrected chi connectivity index (χ2v) is 9.94. The van der Waals surface area contributed by atoms with Gasteiger partial charge in [-0.1, -0.05) is 0 Å². The molecule has 2 fully saturated rings. The number of benzene rings is 2. The van der Waals surface area contributed by atoms with Crippen LogP contribution in [-0.4, -0.2) is 109 Å². The van der Waals surface area contributed by atoms with Crippen LogP contribution < -0.4 is 10.2 Å². The van der Waals surface area contributed by atoms with E-state index < -0.39 is 79.2 Å². The highest BCUT2D eigenvalue weighted by Crippen LogP contribution is 2.35. The van der Waals surface area contributed by atoms with Gasteiger partial charge in [0.05, 0.1) is 12.7 Å². The highest BCUT2D eigenvalue weighted by molar-refractivity contribution is 5.86. The van der Waals surface area contributed by atoms with E-state index in [4.69, 9.17) is 23.4 Å². The minimum Gasteiger partial charge on any atom is -0.508 e. The van der Waals surface area contributed by atoms with E-state index in [-0.39, 0.29) is 28.2 Å². The van der Waals surface area contributed by atoms with E-state index in [9.17, 15) is 45.6 Å². The summed E-state index contributed by atoms with van der Waals surface area (Å²) >= 11 is 0. The van der Waals surface area contributed by atoms with Gasteiger partial charge in [-0.05, 0) is 31.2 Å². The number of rotatable bonds is 6. The number of aliphatic hydroxyl groups excluding tert-OH is 6. The van der Waals surface area contributed by atoms with Crippen molar-refractivity contribution in [2.24, 2.45) is 0 Å². The summed E-state index contributed by atoms with van der Waals surface area (Å²) in [5, 5.41) is 81.4. The van der Waals surface area contributed by atoms with E-state index in [0.29, 0.717) is 5.56 Å². The maximum absolute atomic E-state index is 12.8. The molecule has 10 atom stereocenters.